The van der Waals surface area contributed by atoms with Crippen molar-refractivity contribution in [3.8, 4) is 0 Å². The van der Waals surface area contributed by atoms with Crippen LogP contribution in [0.15, 0.2) is 0 Å². The van der Waals surface area contributed by atoms with Crippen LogP contribution >= 0.6 is 0 Å². The van der Waals surface area contributed by atoms with Crippen molar-refractivity contribution in [3.05, 3.63) is 0 Å². The molecule has 5 nitrogen and oxygen atoms in total. The summed E-state index contributed by atoms with van der Waals surface area (Å²) in [6.07, 6.45) is 19.4. The maximum absolute atomic E-state index is 11.6. The quantitative estimate of drug-likeness (QED) is 0.284. The highest BCUT2D eigenvalue weighted by Crippen LogP contribution is 2.13. The van der Waals surface area contributed by atoms with Crippen LogP contribution < -0.4 is 5.32 Å². The molecule has 1 atom stereocenters. The predicted molar refractivity (Wildman–Crippen MR) is 106 cm³/mol. The van der Waals surface area contributed by atoms with E-state index in [0.29, 0.717) is 6.42 Å². The van der Waals surface area contributed by atoms with Gasteiger partial charge in [-0.1, -0.05) is 96.8 Å². The normalized spacial score (nSPS) is 12.1. The fourth-order valence-electron chi connectivity index (χ4n) is 3.11. The predicted octanol–water partition coefficient (Wildman–Crippen LogP) is 4.81. The molecule has 0 saturated heterocycles. The number of aliphatic hydroxyl groups is 1. The molecule has 0 fully saturated rings. The zero-order valence-corrected chi connectivity index (χ0v) is 16.8. The molecule has 1 amide bonds. The molecule has 0 heterocycles. The fourth-order valence-corrected chi connectivity index (χ4v) is 3.11. The Kier molecular flexibility index (Phi) is 17.9. The van der Waals surface area contributed by atoms with Crippen molar-refractivity contribution in [1.29, 1.82) is 0 Å². The Labute approximate surface area is 159 Å². The van der Waals surface area contributed by atoms with Crippen molar-refractivity contribution in [1.82, 2.24) is 5.32 Å². The lowest BCUT2D eigenvalue weighted by Gasteiger charge is -2.11. The highest BCUT2D eigenvalue weighted by atomic mass is 16.4. The molecule has 0 saturated carbocycles. The van der Waals surface area contributed by atoms with Crippen molar-refractivity contribution < 1.29 is 19.8 Å². The molecule has 0 aliphatic rings. The third-order valence-corrected chi connectivity index (χ3v) is 4.82. The number of carboxylic acids is 1. The number of hydrogen-bond donors (Lipinski definition) is 3. The van der Waals surface area contributed by atoms with E-state index in [2.05, 4.69) is 12.2 Å². The zero-order valence-electron chi connectivity index (χ0n) is 16.8. The molecular formula is C21H41NO4. The average Bonchev–Trinajstić information content (AvgIpc) is 2.62. The minimum absolute atomic E-state index is 0.291. The van der Waals surface area contributed by atoms with E-state index in [-0.39, 0.29) is 5.91 Å². The molecule has 1 unspecified atom stereocenters. The lowest BCUT2D eigenvalue weighted by atomic mass is 10.0. The van der Waals surface area contributed by atoms with E-state index in [1.807, 2.05) is 0 Å². The summed E-state index contributed by atoms with van der Waals surface area (Å²) in [5.74, 6) is -1.49. The van der Waals surface area contributed by atoms with Crippen LogP contribution in [0.2, 0.25) is 0 Å². The van der Waals surface area contributed by atoms with Crippen molar-refractivity contribution >= 4 is 11.9 Å². The number of rotatable bonds is 19. The van der Waals surface area contributed by atoms with Gasteiger partial charge in [-0.15, -0.1) is 0 Å². The Morgan fingerprint density at radius 3 is 1.46 bits per heavy atom. The minimum Gasteiger partial charge on any atom is -0.480 e. The van der Waals surface area contributed by atoms with Crippen molar-refractivity contribution in [2.45, 2.75) is 116 Å². The second-order valence-electron chi connectivity index (χ2n) is 7.34. The van der Waals surface area contributed by atoms with E-state index in [4.69, 9.17) is 10.2 Å². The fraction of sp³-hybridized carbons (Fsp3) is 0.905. The van der Waals surface area contributed by atoms with Gasteiger partial charge in [0.25, 0.3) is 0 Å². The van der Waals surface area contributed by atoms with Gasteiger partial charge in [-0.25, -0.2) is 4.79 Å². The van der Waals surface area contributed by atoms with Crippen LogP contribution in [0.4, 0.5) is 0 Å². The molecule has 0 aliphatic heterocycles. The summed E-state index contributed by atoms with van der Waals surface area (Å²) in [5.41, 5.74) is 0. The van der Waals surface area contributed by atoms with E-state index in [0.717, 1.165) is 19.3 Å². The Morgan fingerprint density at radius 2 is 1.12 bits per heavy atom. The van der Waals surface area contributed by atoms with Gasteiger partial charge >= 0.3 is 5.97 Å². The third kappa shape index (κ3) is 16.4. The highest BCUT2D eigenvalue weighted by molar-refractivity contribution is 5.83. The van der Waals surface area contributed by atoms with Crippen LogP contribution in [0.5, 0.6) is 0 Å². The molecule has 0 aromatic heterocycles. The topological polar surface area (TPSA) is 86.6 Å². The van der Waals surface area contributed by atoms with Crippen LogP contribution in [-0.2, 0) is 9.59 Å². The number of carbonyl (C=O) groups excluding carboxylic acids is 1. The van der Waals surface area contributed by atoms with Gasteiger partial charge in [0.15, 0.2) is 0 Å². The Hall–Kier alpha value is -1.10. The number of nitrogens with one attached hydrogen (secondary N) is 1. The van der Waals surface area contributed by atoms with Gasteiger partial charge in [0.1, 0.15) is 6.04 Å². The van der Waals surface area contributed by atoms with Crippen LogP contribution in [0.25, 0.3) is 0 Å². The first-order valence-corrected chi connectivity index (χ1v) is 10.7. The number of aliphatic hydroxyl groups excluding tert-OH is 1. The molecule has 0 aromatic rings. The standard InChI is InChI=1S/C21H41NO4/c1-2-3-4-5-6-7-8-9-10-11-12-13-14-15-16-17-20(24)22-19(18-23)21(25)26/h19,23H,2-18H2,1H3,(H,22,24)(H,25,26). The van der Waals surface area contributed by atoms with E-state index < -0.39 is 18.6 Å². The number of carboxylic acid groups (broad SMARTS) is 1. The molecule has 26 heavy (non-hydrogen) atoms. The first kappa shape index (κ1) is 24.9. The van der Waals surface area contributed by atoms with E-state index in [9.17, 15) is 9.59 Å². The second-order valence-corrected chi connectivity index (χ2v) is 7.34. The first-order chi connectivity index (χ1) is 12.6. The lowest BCUT2D eigenvalue weighted by molar-refractivity contribution is -0.142. The Morgan fingerprint density at radius 1 is 0.731 bits per heavy atom. The van der Waals surface area contributed by atoms with Gasteiger partial charge in [0, 0.05) is 6.42 Å². The maximum Gasteiger partial charge on any atom is 0.328 e. The molecule has 3 N–H and O–H groups in total. The number of aliphatic carboxylic acids is 1. The number of carbonyl (C=O) groups is 2. The first-order valence-electron chi connectivity index (χ1n) is 10.7. The monoisotopic (exact) mass is 371 g/mol. The van der Waals surface area contributed by atoms with Crippen molar-refractivity contribution in [2.24, 2.45) is 0 Å². The van der Waals surface area contributed by atoms with Crippen LogP contribution in [0.3, 0.4) is 0 Å². The van der Waals surface area contributed by atoms with Gasteiger partial charge in [-0.05, 0) is 6.42 Å². The Bertz CT molecular complexity index is 347. The molecule has 0 radical (unpaired) electrons. The summed E-state index contributed by atoms with van der Waals surface area (Å²) in [4.78, 5) is 22.3. The smallest absolute Gasteiger partial charge is 0.328 e. The van der Waals surface area contributed by atoms with Gasteiger partial charge in [-0.2, -0.15) is 0 Å². The maximum atomic E-state index is 11.6. The molecule has 0 aromatic carbocycles. The SMILES string of the molecule is CCCCCCCCCCCCCCCCCC(=O)NC(CO)C(=O)O. The van der Waals surface area contributed by atoms with Gasteiger partial charge in [0.2, 0.25) is 5.91 Å². The molecule has 0 bridgehead atoms. The summed E-state index contributed by atoms with van der Waals surface area (Å²) >= 11 is 0. The number of hydrogen-bond acceptors (Lipinski definition) is 3. The van der Waals surface area contributed by atoms with E-state index in [1.54, 1.807) is 0 Å². The largest absolute Gasteiger partial charge is 0.480 e. The van der Waals surface area contributed by atoms with Gasteiger partial charge in [-0.3, -0.25) is 4.79 Å². The zero-order chi connectivity index (χ0) is 19.5. The summed E-state index contributed by atoms with van der Waals surface area (Å²) in [7, 11) is 0. The molecular weight excluding hydrogens is 330 g/mol. The van der Waals surface area contributed by atoms with Crippen LogP contribution in [0.1, 0.15) is 110 Å². The molecule has 0 rings (SSSR count). The Balaban J connectivity index is 3.26. The van der Waals surface area contributed by atoms with Crippen molar-refractivity contribution in [3.63, 3.8) is 0 Å². The summed E-state index contributed by atoms with van der Waals surface area (Å²) in [5, 5.41) is 19.9. The van der Waals surface area contributed by atoms with Crippen LogP contribution in [0, 0.1) is 0 Å². The van der Waals surface area contributed by atoms with Crippen molar-refractivity contribution in [2.75, 3.05) is 6.61 Å². The molecule has 5 heteroatoms. The summed E-state index contributed by atoms with van der Waals surface area (Å²) in [6.45, 7) is 1.69. The summed E-state index contributed by atoms with van der Waals surface area (Å²) in [6, 6.07) is -1.18. The summed E-state index contributed by atoms with van der Waals surface area (Å²) < 4.78 is 0. The number of amides is 1. The molecule has 0 aliphatic carbocycles. The van der Waals surface area contributed by atoms with Crippen LogP contribution in [-0.4, -0.2) is 34.7 Å². The third-order valence-electron chi connectivity index (χ3n) is 4.82. The lowest BCUT2D eigenvalue weighted by Crippen LogP contribution is -2.43. The molecule has 0 spiro atoms. The van der Waals surface area contributed by atoms with E-state index in [1.165, 1.54) is 77.0 Å². The van der Waals surface area contributed by atoms with Gasteiger partial charge in [0.05, 0.1) is 6.61 Å². The molecule has 154 valence electrons. The average molecular weight is 372 g/mol. The van der Waals surface area contributed by atoms with E-state index >= 15 is 0 Å². The highest BCUT2D eigenvalue weighted by Gasteiger charge is 2.17. The minimum atomic E-state index is -1.20. The van der Waals surface area contributed by atoms with Gasteiger partial charge < -0.3 is 15.5 Å². The number of unbranched alkanes of at least 4 members (excludes halogenated alkanes) is 14. The second kappa shape index (κ2) is 18.7.